The molecular weight excluding hydrogens is 303 g/mol. The Kier molecular flexibility index (Phi) is 3.84. The van der Waals surface area contributed by atoms with E-state index in [1.165, 1.54) is 11.0 Å². The van der Waals surface area contributed by atoms with Gasteiger partial charge in [0.05, 0.1) is 5.69 Å². The van der Waals surface area contributed by atoms with Gasteiger partial charge in [-0.15, -0.1) is 0 Å². The second-order valence-electron chi connectivity index (χ2n) is 4.08. The maximum Gasteiger partial charge on any atom is 0.227 e. The summed E-state index contributed by atoms with van der Waals surface area (Å²) in [5.74, 6) is -0.632. The topological polar surface area (TPSA) is 69.1 Å². The largest absolute Gasteiger partial charge is 0.309 e. The second kappa shape index (κ2) is 5.37. The number of halogens is 2. The number of carbonyl (C=O) groups is 1. The van der Waals surface area contributed by atoms with E-state index in [1.54, 1.807) is 12.1 Å². The van der Waals surface area contributed by atoms with Crippen molar-refractivity contribution in [2.75, 3.05) is 18.0 Å². The first-order valence-corrected chi connectivity index (χ1v) is 6.17. The number of amides is 1. The molecule has 1 saturated heterocycles. The van der Waals surface area contributed by atoms with E-state index in [-0.39, 0.29) is 30.5 Å². The van der Waals surface area contributed by atoms with E-state index >= 15 is 0 Å². The minimum absolute atomic E-state index is 0.0450. The lowest BCUT2D eigenvalue weighted by molar-refractivity contribution is -0.117. The molecule has 1 atom stereocenters. The number of nitrogens with zero attached hydrogens (tertiary/aromatic N) is 4. The second-order valence-corrected chi connectivity index (χ2v) is 5.00. The van der Waals surface area contributed by atoms with Crippen LogP contribution in [0.3, 0.4) is 0 Å². The van der Waals surface area contributed by atoms with Gasteiger partial charge in [0.15, 0.2) is 0 Å². The molecular formula is C11H10BrFN4O. The number of hydrogen-bond donors (Lipinski definition) is 0. The third-order valence-corrected chi connectivity index (χ3v) is 3.30. The number of benzene rings is 1. The van der Waals surface area contributed by atoms with Crippen molar-refractivity contribution < 1.29 is 9.18 Å². The van der Waals surface area contributed by atoms with Crippen LogP contribution in [0.15, 0.2) is 27.8 Å². The maximum atomic E-state index is 13.7. The molecule has 1 aromatic rings. The van der Waals surface area contributed by atoms with Gasteiger partial charge in [-0.25, -0.2) is 4.39 Å². The predicted octanol–water partition coefficient (Wildman–Crippen LogP) is 3.25. The molecule has 0 saturated carbocycles. The molecule has 7 heteroatoms. The zero-order chi connectivity index (χ0) is 13.1. The predicted molar refractivity (Wildman–Crippen MR) is 68.6 cm³/mol. The summed E-state index contributed by atoms with van der Waals surface area (Å²) in [5.41, 5.74) is 8.51. The minimum Gasteiger partial charge on any atom is -0.309 e. The lowest BCUT2D eigenvalue weighted by atomic mass is 10.1. The standard InChI is InChI=1S/C11H10BrFN4O/c12-8-1-2-10(9(13)4-8)17-6-7(3-11(17)18)5-15-16-14/h1-2,4,7H,3,5-6H2. The number of anilines is 1. The van der Waals surface area contributed by atoms with Crippen molar-refractivity contribution in [3.8, 4) is 0 Å². The molecule has 0 radical (unpaired) electrons. The number of carbonyl (C=O) groups excluding carboxylic acids is 1. The fraction of sp³-hybridized carbons (Fsp3) is 0.364. The quantitative estimate of drug-likeness (QED) is 0.480. The van der Waals surface area contributed by atoms with E-state index in [1.807, 2.05) is 0 Å². The fourth-order valence-corrected chi connectivity index (χ4v) is 2.32. The van der Waals surface area contributed by atoms with Crippen molar-refractivity contribution in [2.45, 2.75) is 6.42 Å². The molecule has 5 nitrogen and oxygen atoms in total. The highest BCUT2D eigenvalue weighted by Crippen LogP contribution is 2.29. The Hall–Kier alpha value is -1.59. The number of azide groups is 1. The molecule has 0 N–H and O–H groups in total. The van der Waals surface area contributed by atoms with E-state index in [4.69, 9.17) is 5.53 Å². The van der Waals surface area contributed by atoms with Crippen molar-refractivity contribution >= 4 is 27.5 Å². The molecule has 1 aliphatic heterocycles. The number of hydrogen-bond acceptors (Lipinski definition) is 2. The van der Waals surface area contributed by atoms with Crippen LogP contribution in [-0.4, -0.2) is 19.0 Å². The SMILES string of the molecule is [N-]=[N+]=NCC1CC(=O)N(c2ccc(Br)cc2F)C1. The Labute approximate surface area is 111 Å². The summed E-state index contributed by atoms with van der Waals surface area (Å²) in [6.07, 6.45) is 0.286. The molecule has 1 heterocycles. The van der Waals surface area contributed by atoms with Crippen LogP contribution in [0.1, 0.15) is 6.42 Å². The summed E-state index contributed by atoms with van der Waals surface area (Å²) in [7, 11) is 0. The lowest BCUT2D eigenvalue weighted by Crippen LogP contribution is -2.25. The molecule has 1 unspecified atom stereocenters. The van der Waals surface area contributed by atoms with Crippen molar-refractivity contribution in [1.82, 2.24) is 0 Å². The molecule has 0 aliphatic carbocycles. The van der Waals surface area contributed by atoms with Crippen LogP contribution in [0.5, 0.6) is 0 Å². The third-order valence-electron chi connectivity index (χ3n) is 2.81. The Bertz CT molecular complexity index is 530. The molecule has 1 fully saturated rings. The Morgan fingerprint density at radius 3 is 3.06 bits per heavy atom. The molecule has 18 heavy (non-hydrogen) atoms. The zero-order valence-electron chi connectivity index (χ0n) is 9.38. The number of rotatable bonds is 3. The van der Waals surface area contributed by atoms with Crippen molar-refractivity contribution in [1.29, 1.82) is 0 Å². The minimum atomic E-state index is -0.442. The van der Waals surface area contributed by atoms with Gasteiger partial charge in [-0.05, 0) is 29.6 Å². The van der Waals surface area contributed by atoms with Crippen molar-refractivity contribution in [3.05, 3.63) is 38.9 Å². The van der Waals surface area contributed by atoms with Crippen LogP contribution in [0.25, 0.3) is 10.4 Å². The van der Waals surface area contributed by atoms with E-state index in [2.05, 4.69) is 26.0 Å². The Balaban J connectivity index is 2.18. The van der Waals surface area contributed by atoms with Gasteiger partial charge < -0.3 is 4.90 Å². The van der Waals surface area contributed by atoms with Crippen LogP contribution in [0.2, 0.25) is 0 Å². The van der Waals surface area contributed by atoms with Gasteiger partial charge in [-0.1, -0.05) is 21.0 Å². The molecule has 1 aliphatic rings. The maximum absolute atomic E-state index is 13.7. The van der Waals surface area contributed by atoms with E-state index in [0.29, 0.717) is 11.0 Å². The monoisotopic (exact) mass is 312 g/mol. The van der Waals surface area contributed by atoms with Gasteiger partial charge in [0.2, 0.25) is 5.91 Å². The first kappa shape index (κ1) is 12.9. The molecule has 2 rings (SSSR count). The van der Waals surface area contributed by atoms with Crippen LogP contribution < -0.4 is 4.90 Å². The van der Waals surface area contributed by atoms with Crippen molar-refractivity contribution in [3.63, 3.8) is 0 Å². The van der Waals surface area contributed by atoms with Crippen LogP contribution in [0, 0.1) is 11.7 Å². The fourth-order valence-electron chi connectivity index (χ4n) is 1.99. The normalized spacial score (nSPS) is 18.9. The summed E-state index contributed by atoms with van der Waals surface area (Å²) in [4.78, 5) is 15.9. The van der Waals surface area contributed by atoms with Crippen LogP contribution in [-0.2, 0) is 4.79 Å². The summed E-state index contributed by atoms with van der Waals surface area (Å²) in [6.45, 7) is 0.646. The molecule has 94 valence electrons. The summed E-state index contributed by atoms with van der Waals surface area (Å²) in [5, 5.41) is 3.45. The van der Waals surface area contributed by atoms with Crippen LogP contribution >= 0.6 is 15.9 Å². The van der Waals surface area contributed by atoms with Gasteiger partial charge >= 0.3 is 0 Å². The first-order chi connectivity index (χ1) is 8.61. The molecule has 0 bridgehead atoms. The Morgan fingerprint density at radius 1 is 1.61 bits per heavy atom. The molecule has 1 amide bonds. The highest BCUT2D eigenvalue weighted by molar-refractivity contribution is 9.10. The van der Waals surface area contributed by atoms with Gasteiger partial charge in [0.1, 0.15) is 5.82 Å². The average Bonchev–Trinajstić information content (AvgIpc) is 2.68. The van der Waals surface area contributed by atoms with E-state index < -0.39 is 5.82 Å². The average molecular weight is 313 g/mol. The van der Waals surface area contributed by atoms with Gasteiger partial charge in [-0.3, -0.25) is 4.79 Å². The first-order valence-electron chi connectivity index (χ1n) is 5.38. The zero-order valence-corrected chi connectivity index (χ0v) is 11.0. The van der Waals surface area contributed by atoms with Gasteiger partial charge in [0, 0.05) is 28.9 Å². The molecule has 1 aromatic carbocycles. The highest BCUT2D eigenvalue weighted by Gasteiger charge is 2.31. The lowest BCUT2D eigenvalue weighted by Gasteiger charge is -2.17. The van der Waals surface area contributed by atoms with E-state index in [9.17, 15) is 9.18 Å². The van der Waals surface area contributed by atoms with E-state index in [0.717, 1.165) is 0 Å². The van der Waals surface area contributed by atoms with Crippen LogP contribution in [0.4, 0.5) is 10.1 Å². The molecule has 0 aromatic heterocycles. The molecule has 0 spiro atoms. The summed E-state index contributed by atoms with van der Waals surface area (Å²) >= 11 is 3.17. The highest BCUT2D eigenvalue weighted by atomic mass is 79.9. The third kappa shape index (κ3) is 2.63. The van der Waals surface area contributed by atoms with Gasteiger partial charge in [-0.2, -0.15) is 0 Å². The summed E-state index contributed by atoms with van der Waals surface area (Å²) in [6, 6.07) is 4.57. The van der Waals surface area contributed by atoms with Crippen molar-refractivity contribution in [2.24, 2.45) is 11.0 Å². The summed E-state index contributed by atoms with van der Waals surface area (Å²) < 4.78 is 14.4. The Morgan fingerprint density at radius 2 is 2.39 bits per heavy atom. The van der Waals surface area contributed by atoms with Gasteiger partial charge in [0.25, 0.3) is 0 Å². The smallest absolute Gasteiger partial charge is 0.227 e.